The zero-order chi connectivity index (χ0) is 22.5. The molecule has 1 unspecified atom stereocenters. The molecule has 2 aliphatic heterocycles. The molecule has 9 heteroatoms. The summed E-state index contributed by atoms with van der Waals surface area (Å²) in [4.78, 5) is 23.3. The highest BCUT2D eigenvalue weighted by Gasteiger charge is 2.25. The molecular weight excluding hydrogens is 531 g/mol. The van der Waals surface area contributed by atoms with E-state index in [9.17, 15) is 4.79 Å². The third-order valence-electron chi connectivity index (χ3n) is 6.54. The van der Waals surface area contributed by atoms with Crippen LogP contribution in [0.5, 0.6) is 0 Å². The summed E-state index contributed by atoms with van der Waals surface area (Å²) in [5, 5.41) is 9.85. The van der Waals surface area contributed by atoms with Crippen molar-refractivity contribution < 1.29 is 9.21 Å². The van der Waals surface area contributed by atoms with E-state index in [1.807, 2.05) is 32.0 Å². The van der Waals surface area contributed by atoms with Crippen molar-refractivity contribution in [1.29, 1.82) is 0 Å². The van der Waals surface area contributed by atoms with E-state index < -0.39 is 0 Å². The molecule has 4 rings (SSSR count). The molecule has 0 spiro atoms. The second kappa shape index (κ2) is 11.8. The van der Waals surface area contributed by atoms with Crippen molar-refractivity contribution in [3.8, 4) is 0 Å². The average Bonchev–Trinajstić information content (AvgIpc) is 3.11. The minimum Gasteiger partial charge on any atom is -0.444 e. The number of hydrogen-bond acceptors (Lipinski definition) is 5. The number of halogens is 1. The van der Waals surface area contributed by atoms with E-state index in [1.165, 1.54) is 5.56 Å². The molecule has 0 aliphatic carbocycles. The quantitative estimate of drug-likeness (QED) is 0.282. The first-order valence-electron chi connectivity index (χ1n) is 11.5. The maximum absolute atomic E-state index is 12.0. The van der Waals surface area contributed by atoms with Crippen LogP contribution in [0.1, 0.15) is 48.1 Å². The molecule has 0 saturated carbocycles. The summed E-state index contributed by atoms with van der Waals surface area (Å²) in [7, 11) is 1.79. The van der Waals surface area contributed by atoms with Crippen LogP contribution in [0.2, 0.25) is 0 Å². The van der Waals surface area contributed by atoms with Crippen LogP contribution in [0.15, 0.2) is 33.7 Å². The van der Waals surface area contributed by atoms with Crippen molar-refractivity contribution in [2.24, 2.45) is 10.9 Å². The number of hydrogen-bond donors (Lipinski definition) is 3. The number of nitrogens with one attached hydrogen (secondary N) is 3. The number of aromatic nitrogens is 1. The number of carbonyl (C=O) groups is 1. The Hall–Kier alpha value is -2.14. The zero-order valence-corrected chi connectivity index (χ0v) is 22.0. The highest BCUT2D eigenvalue weighted by Crippen LogP contribution is 2.31. The van der Waals surface area contributed by atoms with Gasteiger partial charge in [0.05, 0.1) is 12.2 Å². The number of nitrogens with zero attached hydrogens (tertiary/aromatic N) is 3. The number of benzene rings is 1. The van der Waals surface area contributed by atoms with Gasteiger partial charge in [0.25, 0.3) is 0 Å². The van der Waals surface area contributed by atoms with Crippen molar-refractivity contribution in [3.63, 3.8) is 0 Å². The van der Waals surface area contributed by atoms with Crippen molar-refractivity contribution in [1.82, 2.24) is 20.5 Å². The second-order valence-corrected chi connectivity index (χ2v) is 8.84. The monoisotopic (exact) mass is 566 g/mol. The van der Waals surface area contributed by atoms with E-state index in [4.69, 9.17) is 4.42 Å². The molecular formula is C24H35IN6O2. The molecule has 1 atom stereocenters. The Morgan fingerprint density at radius 1 is 1.21 bits per heavy atom. The summed E-state index contributed by atoms with van der Waals surface area (Å²) < 4.78 is 5.73. The van der Waals surface area contributed by atoms with Crippen molar-refractivity contribution in [3.05, 3.63) is 47.2 Å². The summed E-state index contributed by atoms with van der Waals surface area (Å²) >= 11 is 0. The normalized spacial score (nSPS) is 19.4. The summed E-state index contributed by atoms with van der Waals surface area (Å²) in [6, 6.07) is 8.02. The molecule has 0 bridgehead atoms. The Kier molecular flexibility index (Phi) is 9.13. The Balaban J connectivity index is 0.00000306. The number of aliphatic imine (C=N–C) groups is 1. The van der Waals surface area contributed by atoms with Gasteiger partial charge in [0.15, 0.2) is 5.96 Å². The van der Waals surface area contributed by atoms with Crippen LogP contribution in [0.25, 0.3) is 0 Å². The third-order valence-corrected chi connectivity index (χ3v) is 6.54. The summed E-state index contributed by atoms with van der Waals surface area (Å²) in [5.74, 6) is 3.35. The van der Waals surface area contributed by atoms with Gasteiger partial charge in [-0.05, 0) is 57.3 Å². The number of guanidine groups is 1. The molecule has 3 N–H and O–H groups in total. The minimum absolute atomic E-state index is 0. The van der Waals surface area contributed by atoms with Crippen molar-refractivity contribution in [2.45, 2.75) is 45.6 Å². The van der Waals surface area contributed by atoms with E-state index in [-0.39, 0.29) is 35.8 Å². The predicted molar refractivity (Wildman–Crippen MR) is 141 cm³/mol. The molecule has 1 aromatic heterocycles. The van der Waals surface area contributed by atoms with E-state index in [1.54, 1.807) is 7.05 Å². The summed E-state index contributed by atoms with van der Waals surface area (Å²) in [6.45, 7) is 8.41. The largest absolute Gasteiger partial charge is 0.444 e. The van der Waals surface area contributed by atoms with Crippen LogP contribution in [0.3, 0.4) is 0 Å². The Morgan fingerprint density at radius 3 is 2.64 bits per heavy atom. The topological polar surface area (TPSA) is 94.8 Å². The lowest BCUT2D eigenvalue weighted by molar-refractivity contribution is -0.116. The van der Waals surface area contributed by atoms with Gasteiger partial charge in [0, 0.05) is 38.2 Å². The summed E-state index contributed by atoms with van der Waals surface area (Å²) in [5.41, 5.74) is 3.08. The minimum atomic E-state index is 0. The fourth-order valence-electron chi connectivity index (χ4n) is 4.51. The van der Waals surface area contributed by atoms with E-state index in [0.29, 0.717) is 18.9 Å². The van der Waals surface area contributed by atoms with Gasteiger partial charge in [-0.25, -0.2) is 4.98 Å². The highest BCUT2D eigenvalue weighted by molar-refractivity contribution is 14.0. The van der Waals surface area contributed by atoms with Crippen LogP contribution >= 0.6 is 24.0 Å². The van der Waals surface area contributed by atoms with Crippen LogP contribution in [-0.4, -0.2) is 55.0 Å². The molecule has 0 radical (unpaired) electrons. The van der Waals surface area contributed by atoms with Crippen LogP contribution in [0.4, 0.5) is 5.69 Å². The first-order valence-corrected chi connectivity index (χ1v) is 11.5. The molecule has 1 fully saturated rings. The maximum atomic E-state index is 12.0. The number of amides is 1. The molecule has 8 nitrogen and oxygen atoms in total. The molecule has 1 saturated heterocycles. The number of carbonyl (C=O) groups excluding carboxylic acids is 1. The molecule has 3 heterocycles. The number of fused-ring (bicyclic) bond motifs is 1. The van der Waals surface area contributed by atoms with Gasteiger partial charge in [-0.2, -0.15) is 0 Å². The van der Waals surface area contributed by atoms with Gasteiger partial charge in [-0.1, -0.05) is 18.2 Å². The zero-order valence-electron chi connectivity index (χ0n) is 19.7. The molecule has 33 heavy (non-hydrogen) atoms. The predicted octanol–water partition coefficient (Wildman–Crippen LogP) is 3.41. The number of likely N-dealkylation sites (tertiary alicyclic amines) is 1. The van der Waals surface area contributed by atoms with E-state index in [0.717, 1.165) is 68.0 Å². The van der Waals surface area contributed by atoms with Crippen LogP contribution in [-0.2, 0) is 11.3 Å². The van der Waals surface area contributed by atoms with Crippen LogP contribution in [0, 0.1) is 19.8 Å². The van der Waals surface area contributed by atoms with Gasteiger partial charge in [-0.15, -0.1) is 24.0 Å². The SMILES string of the molecule is CN=C(NCC1CCN(Cc2nc(C)c(C)o2)CC1)NCC1CC(=O)Nc2ccccc21.I. The van der Waals surface area contributed by atoms with Gasteiger partial charge in [0.2, 0.25) is 11.8 Å². The lowest BCUT2D eigenvalue weighted by Crippen LogP contribution is -2.44. The van der Waals surface area contributed by atoms with E-state index >= 15 is 0 Å². The molecule has 1 amide bonds. The van der Waals surface area contributed by atoms with Gasteiger partial charge >= 0.3 is 0 Å². The number of rotatable bonds is 6. The molecule has 1 aromatic carbocycles. The Labute approximate surface area is 213 Å². The molecule has 2 aromatic rings. The second-order valence-electron chi connectivity index (χ2n) is 8.84. The fraction of sp³-hybridized carbons (Fsp3) is 0.542. The van der Waals surface area contributed by atoms with Crippen molar-refractivity contribution >= 4 is 41.5 Å². The van der Waals surface area contributed by atoms with Gasteiger partial charge in [0.1, 0.15) is 5.76 Å². The lowest BCUT2D eigenvalue weighted by Gasteiger charge is -2.31. The number of oxazole rings is 1. The summed E-state index contributed by atoms with van der Waals surface area (Å²) in [6.07, 6.45) is 2.76. The smallest absolute Gasteiger partial charge is 0.225 e. The Morgan fingerprint density at radius 2 is 1.94 bits per heavy atom. The van der Waals surface area contributed by atoms with Crippen molar-refractivity contribution in [2.75, 3.05) is 38.5 Å². The standard InChI is InChI=1S/C24H34N6O2.HI/c1-16-17(2)32-23(28-16)15-30-10-8-18(9-11-30)13-26-24(25-3)27-14-19-12-22(31)29-21-7-5-4-6-20(19)21;/h4-7,18-19H,8-15H2,1-3H3,(H,29,31)(H2,25,26,27);1H. The number of aryl methyl sites for hydroxylation is 2. The van der Waals surface area contributed by atoms with E-state index in [2.05, 4.69) is 36.9 Å². The third kappa shape index (κ3) is 6.69. The van der Waals surface area contributed by atoms with Gasteiger partial charge < -0.3 is 20.4 Å². The fourth-order valence-corrected chi connectivity index (χ4v) is 4.51. The number of piperidine rings is 1. The average molecular weight is 566 g/mol. The highest BCUT2D eigenvalue weighted by atomic mass is 127. The van der Waals surface area contributed by atoms with Crippen LogP contribution < -0.4 is 16.0 Å². The molecule has 2 aliphatic rings. The number of anilines is 1. The number of para-hydroxylation sites is 1. The first-order chi connectivity index (χ1) is 15.5. The Bertz CT molecular complexity index is 948. The molecule has 180 valence electrons. The first kappa shape index (κ1) is 25.5. The van der Waals surface area contributed by atoms with Gasteiger partial charge in [-0.3, -0.25) is 14.7 Å². The lowest BCUT2D eigenvalue weighted by atomic mass is 9.90. The maximum Gasteiger partial charge on any atom is 0.225 e.